The van der Waals surface area contributed by atoms with E-state index in [0.717, 1.165) is 5.56 Å². The van der Waals surface area contributed by atoms with Gasteiger partial charge in [-0.15, -0.1) is 0 Å². The lowest BCUT2D eigenvalue weighted by Gasteiger charge is -2.43. The van der Waals surface area contributed by atoms with Crippen molar-refractivity contribution in [3.8, 4) is 17.2 Å². The Bertz CT molecular complexity index is 1160. The molecule has 0 saturated carbocycles. The third-order valence-electron chi connectivity index (χ3n) is 6.53. The summed E-state index contributed by atoms with van der Waals surface area (Å²) in [6, 6.07) is 8.82. The zero-order chi connectivity index (χ0) is 24.1. The number of carbonyl (C=O) groups excluding carboxylic acids is 2. The molecule has 33 heavy (non-hydrogen) atoms. The molecule has 1 heterocycles. The minimum absolute atomic E-state index is 0.0226. The topological polar surface area (TPSA) is 76.1 Å². The fraction of sp³-hybridized carbons (Fsp3) is 0.385. The van der Waals surface area contributed by atoms with Crippen LogP contribution in [-0.4, -0.2) is 31.0 Å². The highest BCUT2D eigenvalue weighted by molar-refractivity contribution is 6.31. The molecule has 174 valence electrons. The van der Waals surface area contributed by atoms with Gasteiger partial charge >= 0.3 is 0 Å². The first-order valence-electron chi connectivity index (χ1n) is 10.9. The number of methoxy groups -OCH3 is 2. The van der Waals surface area contributed by atoms with Crippen molar-refractivity contribution in [2.24, 2.45) is 5.41 Å². The molecule has 2 aromatic rings. The van der Waals surface area contributed by atoms with E-state index in [1.807, 2.05) is 32.9 Å². The lowest BCUT2D eigenvalue weighted by atomic mass is 9.69. The van der Waals surface area contributed by atoms with Crippen LogP contribution in [0.5, 0.6) is 17.2 Å². The Morgan fingerprint density at radius 1 is 1.09 bits per heavy atom. The summed E-state index contributed by atoms with van der Waals surface area (Å²) in [5.41, 5.74) is 3.24. The van der Waals surface area contributed by atoms with Crippen molar-refractivity contribution in [3.63, 3.8) is 0 Å². The summed E-state index contributed by atoms with van der Waals surface area (Å²) in [7, 11) is 2.90. The van der Waals surface area contributed by atoms with E-state index in [1.54, 1.807) is 23.1 Å². The molecule has 1 amide bonds. The first-order valence-corrected chi connectivity index (χ1v) is 11.2. The number of benzene rings is 2. The summed E-state index contributed by atoms with van der Waals surface area (Å²) in [6.07, 6.45) is 1.08. The van der Waals surface area contributed by atoms with Gasteiger partial charge in [0.25, 0.3) is 0 Å². The van der Waals surface area contributed by atoms with E-state index in [4.69, 9.17) is 21.1 Å². The molecular weight excluding hydrogens is 442 g/mol. The number of amides is 1. The number of ether oxygens (including phenoxy) is 2. The highest BCUT2D eigenvalue weighted by atomic mass is 35.5. The standard InChI is InChI=1S/C26H28ClNO5/c1-14-17(27)7-6-8-18(14)28-19-12-26(2,3)13-20(29)24(19)16(11-23(28)30)15-9-21(32-4)25(31)22(10-15)33-5/h6-10,16,31H,11-13H2,1-5H3. The van der Waals surface area contributed by atoms with Crippen molar-refractivity contribution in [1.82, 2.24) is 0 Å². The number of nitrogens with zero attached hydrogens (tertiary/aromatic N) is 1. The van der Waals surface area contributed by atoms with Crippen molar-refractivity contribution in [3.05, 3.63) is 57.8 Å². The van der Waals surface area contributed by atoms with Crippen LogP contribution in [0.1, 0.15) is 50.2 Å². The maximum Gasteiger partial charge on any atom is 0.232 e. The van der Waals surface area contributed by atoms with Crippen LogP contribution in [-0.2, 0) is 9.59 Å². The highest BCUT2D eigenvalue weighted by Gasteiger charge is 2.45. The molecule has 2 aromatic carbocycles. The number of hydrogen-bond acceptors (Lipinski definition) is 5. The molecule has 6 nitrogen and oxygen atoms in total. The quantitative estimate of drug-likeness (QED) is 0.636. The van der Waals surface area contributed by atoms with Crippen molar-refractivity contribution in [2.75, 3.05) is 19.1 Å². The summed E-state index contributed by atoms with van der Waals surface area (Å²) >= 11 is 6.37. The van der Waals surface area contributed by atoms with Gasteiger partial charge in [0.05, 0.1) is 19.9 Å². The third-order valence-corrected chi connectivity index (χ3v) is 6.94. The second kappa shape index (κ2) is 8.41. The number of Topliss-reactive ketones (excluding diaryl/α,β-unsaturated/α-hetero) is 1. The van der Waals surface area contributed by atoms with Gasteiger partial charge in [0.1, 0.15) is 0 Å². The van der Waals surface area contributed by atoms with Crippen molar-refractivity contribution < 1.29 is 24.2 Å². The number of phenols is 1. The van der Waals surface area contributed by atoms with E-state index < -0.39 is 5.92 Å². The number of phenolic OH excluding ortho intramolecular Hbond substituents is 1. The molecule has 0 spiro atoms. The molecule has 1 unspecified atom stereocenters. The Kier molecular flexibility index (Phi) is 5.91. The fourth-order valence-electron chi connectivity index (χ4n) is 4.93. The van der Waals surface area contributed by atoms with Gasteiger partial charge < -0.3 is 14.6 Å². The number of hydrogen-bond donors (Lipinski definition) is 1. The van der Waals surface area contributed by atoms with E-state index in [0.29, 0.717) is 40.4 Å². The Labute approximate surface area is 198 Å². The van der Waals surface area contributed by atoms with Gasteiger partial charge in [-0.25, -0.2) is 0 Å². The molecule has 1 aliphatic heterocycles. The van der Waals surface area contributed by atoms with Gasteiger partial charge in [0.15, 0.2) is 17.3 Å². The molecule has 1 N–H and O–H groups in total. The van der Waals surface area contributed by atoms with Gasteiger partial charge in [-0.2, -0.15) is 0 Å². The normalized spacial score (nSPS) is 20.1. The zero-order valence-electron chi connectivity index (χ0n) is 19.5. The largest absolute Gasteiger partial charge is 0.502 e. The predicted molar refractivity (Wildman–Crippen MR) is 127 cm³/mol. The summed E-state index contributed by atoms with van der Waals surface area (Å²) in [4.78, 5) is 28.8. The first-order chi connectivity index (χ1) is 15.6. The molecule has 1 aliphatic carbocycles. The van der Waals surface area contributed by atoms with Crippen LogP contribution in [0.15, 0.2) is 41.6 Å². The highest BCUT2D eigenvalue weighted by Crippen LogP contribution is 2.50. The molecule has 0 aromatic heterocycles. The van der Waals surface area contributed by atoms with Gasteiger partial charge in [0, 0.05) is 35.1 Å². The van der Waals surface area contributed by atoms with Crippen LogP contribution >= 0.6 is 11.6 Å². The number of carbonyl (C=O) groups is 2. The van der Waals surface area contributed by atoms with Gasteiger partial charge in [0.2, 0.25) is 11.7 Å². The number of aromatic hydroxyl groups is 1. The fourth-order valence-corrected chi connectivity index (χ4v) is 5.10. The van der Waals surface area contributed by atoms with Crippen LogP contribution in [0.25, 0.3) is 0 Å². The Morgan fingerprint density at radius 2 is 1.73 bits per heavy atom. The monoisotopic (exact) mass is 469 g/mol. The lowest BCUT2D eigenvalue weighted by Crippen LogP contribution is -2.44. The second-order valence-corrected chi connectivity index (χ2v) is 9.85. The van der Waals surface area contributed by atoms with E-state index in [1.165, 1.54) is 14.2 Å². The average Bonchev–Trinajstić information content (AvgIpc) is 2.75. The maximum absolute atomic E-state index is 13.6. The van der Waals surface area contributed by atoms with Crippen LogP contribution in [0.4, 0.5) is 5.69 Å². The number of ketones is 1. The maximum atomic E-state index is 13.6. The van der Waals surface area contributed by atoms with Crippen molar-refractivity contribution in [1.29, 1.82) is 0 Å². The SMILES string of the molecule is COc1cc(C2CC(=O)N(c3cccc(Cl)c3C)C3=C2C(=O)CC(C)(C)C3)cc(OC)c1O. The molecule has 1 atom stereocenters. The Morgan fingerprint density at radius 3 is 2.33 bits per heavy atom. The molecule has 0 fully saturated rings. The first kappa shape index (κ1) is 23.2. The number of allylic oxidation sites excluding steroid dienone is 2. The molecule has 7 heteroatoms. The predicted octanol–water partition coefficient (Wildman–Crippen LogP) is 5.53. The van der Waals surface area contributed by atoms with E-state index in [-0.39, 0.29) is 40.8 Å². The average molecular weight is 470 g/mol. The number of halogens is 1. The van der Waals surface area contributed by atoms with E-state index in [2.05, 4.69) is 0 Å². The van der Waals surface area contributed by atoms with Crippen LogP contribution in [0, 0.1) is 12.3 Å². The van der Waals surface area contributed by atoms with Crippen LogP contribution in [0.2, 0.25) is 5.02 Å². The molecule has 0 radical (unpaired) electrons. The molecule has 2 aliphatic rings. The minimum atomic E-state index is -0.463. The number of rotatable bonds is 4. The molecular formula is C26H28ClNO5. The van der Waals surface area contributed by atoms with Gasteiger partial charge in [-0.3, -0.25) is 14.5 Å². The van der Waals surface area contributed by atoms with Gasteiger partial charge in [-0.1, -0.05) is 31.5 Å². The summed E-state index contributed by atoms with van der Waals surface area (Å²) in [6.45, 7) is 5.96. The minimum Gasteiger partial charge on any atom is -0.502 e. The Hall–Kier alpha value is -2.99. The molecule has 4 rings (SSSR count). The van der Waals surface area contributed by atoms with Crippen molar-refractivity contribution >= 4 is 29.0 Å². The third kappa shape index (κ3) is 3.97. The van der Waals surface area contributed by atoms with E-state index in [9.17, 15) is 14.7 Å². The summed E-state index contributed by atoms with van der Waals surface area (Å²) in [5.74, 6) is -0.205. The lowest BCUT2D eigenvalue weighted by molar-refractivity contribution is -0.121. The molecule has 0 bridgehead atoms. The smallest absolute Gasteiger partial charge is 0.232 e. The molecule has 0 saturated heterocycles. The number of anilines is 1. The summed E-state index contributed by atoms with van der Waals surface area (Å²) in [5, 5.41) is 10.9. The van der Waals surface area contributed by atoms with Crippen LogP contribution < -0.4 is 14.4 Å². The van der Waals surface area contributed by atoms with Crippen molar-refractivity contribution in [2.45, 2.75) is 46.0 Å². The summed E-state index contributed by atoms with van der Waals surface area (Å²) < 4.78 is 10.6. The van der Waals surface area contributed by atoms with Crippen LogP contribution in [0.3, 0.4) is 0 Å². The second-order valence-electron chi connectivity index (χ2n) is 9.45. The van der Waals surface area contributed by atoms with E-state index >= 15 is 0 Å². The zero-order valence-corrected chi connectivity index (χ0v) is 20.2. The Balaban J connectivity index is 1.95. The van der Waals surface area contributed by atoms with Gasteiger partial charge in [-0.05, 0) is 54.2 Å².